The minimum Gasteiger partial charge on any atom is -0.450 e. The van der Waals surface area contributed by atoms with Crippen LogP contribution in [-0.4, -0.2) is 42.9 Å². The second kappa shape index (κ2) is 6.83. The lowest BCUT2D eigenvalue weighted by atomic mass is 9.98. The van der Waals surface area contributed by atoms with E-state index in [0.29, 0.717) is 34.6 Å². The van der Waals surface area contributed by atoms with Gasteiger partial charge in [0.2, 0.25) is 5.76 Å². The van der Waals surface area contributed by atoms with Gasteiger partial charge >= 0.3 is 0 Å². The van der Waals surface area contributed by atoms with Crippen molar-refractivity contribution < 1.29 is 9.21 Å². The number of likely N-dealkylation sites (N-methyl/N-ethyl adjacent to an activating group) is 1. The molecule has 0 spiro atoms. The van der Waals surface area contributed by atoms with Gasteiger partial charge in [-0.1, -0.05) is 41.9 Å². The van der Waals surface area contributed by atoms with Crippen molar-refractivity contribution in [2.75, 3.05) is 27.2 Å². The first-order valence-electron chi connectivity index (χ1n) is 8.74. The predicted molar refractivity (Wildman–Crippen MR) is 105 cm³/mol. The molecule has 27 heavy (non-hydrogen) atoms. The van der Waals surface area contributed by atoms with Crippen molar-refractivity contribution in [2.45, 2.75) is 6.04 Å². The average Bonchev–Trinajstić information content (AvgIpc) is 2.94. The molecule has 5 nitrogen and oxygen atoms in total. The standard InChI is InChI=1S/C21H19ClN2O3/c1-23(2)10-11-24-18(13-6-4-3-5-7-13)17-19(25)15-12-14(22)8-9-16(15)27-20(17)21(24)26/h3-9,12,18H,10-11H2,1-2H3/t18-/m1/s1. The van der Waals surface area contributed by atoms with Crippen LogP contribution >= 0.6 is 11.6 Å². The number of hydrogen-bond acceptors (Lipinski definition) is 4. The van der Waals surface area contributed by atoms with E-state index in [1.54, 1.807) is 23.1 Å². The number of nitrogens with zero attached hydrogens (tertiary/aromatic N) is 2. The number of hydrogen-bond donors (Lipinski definition) is 0. The molecule has 0 saturated carbocycles. The van der Waals surface area contributed by atoms with Crippen LogP contribution in [0.5, 0.6) is 0 Å². The average molecular weight is 383 g/mol. The number of carbonyl (C=O) groups excluding carboxylic acids is 1. The molecule has 3 aromatic rings. The van der Waals surface area contributed by atoms with E-state index < -0.39 is 6.04 Å². The van der Waals surface area contributed by atoms with Crippen LogP contribution < -0.4 is 5.43 Å². The second-order valence-electron chi connectivity index (χ2n) is 6.93. The molecule has 0 N–H and O–H groups in total. The molecule has 0 bridgehead atoms. The monoisotopic (exact) mass is 382 g/mol. The van der Waals surface area contributed by atoms with E-state index in [1.165, 1.54) is 0 Å². The summed E-state index contributed by atoms with van der Waals surface area (Å²) < 4.78 is 5.88. The fraction of sp³-hybridized carbons (Fsp3) is 0.238. The molecule has 0 unspecified atom stereocenters. The first-order valence-corrected chi connectivity index (χ1v) is 9.12. The summed E-state index contributed by atoms with van der Waals surface area (Å²) in [6.45, 7) is 1.18. The van der Waals surface area contributed by atoms with Crippen LogP contribution in [-0.2, 0) is 0 Å². The number of halogens is 1. The molecule has 0 aliphatic carbocycles. The summed E-state index contributed by atoms with van der Waals surface area (Å²) in [6.07, 6.45) is 0. The van der Waals surface area contributed by atoms with Crippen LogP contribution in [0.4, 0.5) is 0 Å². The van der Waals surface area contributed by atoms with Gasteiger partial charge in [0, 0.05) is 18.1 Å². The minimum absolute atomic E-state index is 0.127. The Bertz CT molecular complexity index is 1080. The third-order valence-corrected chi connectivity index (χ3v) is 5.07. The lowest BCUT2D eigenvalue weighted by Gasteiger charge is -2.26. The Kier molecular flexibility index (Phi) is 4.50. The molecular formula is C21H19ClN2O3. The van der Waals surface area contributed by atoms with Gasteiger partial charge in [-0.15, -0.1) is 0 Å². The van der Waals surface area contributed by atoms with E-state index >= 15 is 0 Å². The Labute approximate surface area is 161 Å². The van der Waals surface area contributed by atoms with Gasteiger partial charge in [0.15, 0.2) is 5.43 Å². The third-order valence-electron chi connectivity index (χ3n) is 4.83. The van der Waals surface area contributed by atoms with Gasteiger partial charge in [-0.3, -0.25) is 9.59 Å². The van der Waals surface area contributed by atoms with Crippen LogP contribution in [0.1, 0.15) is 27.7 Å². The van der Waals surface area contributed by atoms with E-state index in [2.05, 4.69) is 0 Å². The van der Waals surface area contributed by atoms with Crippen LogP contribution in [0.2, 0.25) is 5.02 Å². The molecule has 2 heterocycles. The molecule has 0 radical (unpaired) electrons. The molecule has 1 aromatic heterocycles. The largest absolute Gasteiger partial charge is 0.450 e. The van der Waals surface area contributed by atoms with Crippen molar-refractivity contribution in [1.29, 1.82) is 0 Å². The van der Waals surface area contributed by atoms with E-state index in [-0.39, 0.29) is 17.1 Å². The maximum Gasteiger partial charge on any atom is 0.290 e. The normalized spacial score (nSPS) is 16.4. The Morgan fingerprint density at radius 1 is 1.11 bits per heavy atom. The van der Waals surface area contributed by atoms with Gasteiger partial charge in [0.1, 0.15) is 5.58 Å². The van der Waals surface area contributed by atoms with Gasteiger partial charge in [-0.25, -0.2) is 0 Å². The zero-order valence-electron chi connectivity index (χ0n) is 15.1. The number of amides is 1. The topological polar surface area (TPSA) is 53.8 Å². The van der Waals surface area contributed by atoms with Crippen LogP contribution in [0, 0.1) is 0 Å². The number of rotatable bonds is 4. The molecule has 0 saturated heterocycles. The minimum atomic E-state index is -0.465. The number of carbonyl (C=O) groups is 1. The highest BCUT2D eigenvalue weighted by atomic mass is 35.5. The van der Waals surface area contributed by atoms with Crippen LogP contribution in [0.15, 0.2) is 57.7 Å². The molecule has 6 heteroatoms. The molecule has 4 rings (SSSR count). The van der Waals surface area contributed by atoms with E-state index in [0.717, 1.165) is 5.56 Å². The van der Waals surface area contributed by atoms with E-state index in [9.17, 15) is 9.59 Å². The molecule has 1 atom stereocenters. The first-order chi connectivity index (χ1) is 13.0. The lowest BCUT2D eigenvalue weighted by Crippen LogP contribution is -2.35. The molecule has 138 valence electrons. The molecule has 1 aliphatic heterocycles. The van der Waals surface area contributed by atoms with Crippen LogP contribution in [0.3, 0.4) is 0 Å². The summed E-state index contributed by atoms with van der Waals surface area (Å²) >= 11 is 6.07. The number of benzene rings is 2. The second-order valence-corrected chi connectivity index (χ2v) is 7.37. The maximum absolute atomic E-state index is 13.3. The summed E-state index contributed by atoms with van der Waals surface area (Å²) in [5.74, 6) is -0.128. The molecule has 1 amide bonds. The summed E-state index contributed by atoms with van der Waals surface area (Å²) in [5.41, 5.74) is 1.44. The summed E-state index contributed by atoms with van der Waals surface area (Å²) in [4.78, 5) is 30.1. The fourth-order valence-electron chi connectivity index (χ4n) is 3.51. The Hall–Kier alpha value is -2.63. The van der Waals surface area contributed by atoms with Crippen molar-refractivity contribution >= 4 is 28.5 Å². The molecular weight excluding hydrogens is 364 g/mol. The summed E-state index contributed by atoms with van der Waals surface area (Å²) in [5, 5.41) is 0.851. The van der Waals surface area contributed by atoms with Gasteiger partial charge in [-0.05, 0) is 37.9 Å². The Balaban J connectivity index is 1.95. The predicted octanol–water partition coefficient (Wildman–Crippen LogP) is 3.55. The quantitative estimate of drug-likeness (QED) is 0.692. The van der Waals surface area contributed by atoms with Crippen molar-refractivity contribution in [3.63, 3.8) is 0 Å². The van der Waals surface area contributed by atoms with Gasteiger partial charge in [-0.2, -0.15) is 0 Å². The summed E-state index contributed by atoms with van der Waals surface area (Å²) in [7, 11) is 3.90. The first kappa shape index (κ1) is 17.8. The fourth-order valence-corrected chi connectivity index (χ4v) is 3.68. The Morgan fingerprint density at radius 2 is 1.85 bits per heavy atom. The van der Waals surface area contributed by atoms with Crippen molar-refractivity contribution in [1.82, 2.24) is 9.80 Å². The maximum atomic E-state index is 13.3. The van der Waals surface area contributed by atoms with Gasteiger partial charge < -0.3 is 14.2 Å². The molecule has 0 fully saturated rings. The van der Waals surface area contributed by atoms with Crippen molar-refractivity contribution in [3.05, 3.63) is 80.7 Å². The lowest BCUT2D eigenvalue weighted by molar-refractivity contribution is 0.0716. The highest BCUT2D eigenvalue weighted by molar-refractivity contribution is 6.31. The highest BCUT2D eigenvalue weighted by Gasteiger charge is 2.42. The number of fused-ring (bicyclic) bond motifs is 2. The third kappa shape index (κ3) is 3.03. The summed E-state index contributed by atoms with van der Waals surface area (Å²) in [6, 6.07) is 14.0. The highest BCUT2D eigenvalue weighted by Crippen LogP contribution is 2.38. The van der Waals surface area contributed by atoms with Crippen LogP contribution in [0.25, 0.3) is 11.0 Å². The zero-order valence-corrected chi connectivity index (χ0v) is 15.9. The SMILES string of the molecule is CN(C)CCN1C(=O)c2oc3ccc(Cl)cc3c(=O)c2[C@H]1c1ccccc1. The van der Waals surface area contributed by atoms with Crippen molar-refractivity contribution in [2.24, 2.45) is 0 Å². The van der Waals surface area contributed by atoms with Gasteiger partial charge in [0.25, 0.3) is 5.91 Å². The van der Waals surface area contributed by atoms with E-state index in [1.807, 2.05) is 49.3 Å². The van der Waals surface area contributed by atoms with Crippen molar-refractivity contribution in [3.8, 4) is 0 Å². The zero-order chi connectivity index (χ0) is 19.1. The molecule has 1 aliphatic rings. The van der Waals surface area contributed by atoms with E-state index in [4.69, 9.17) is 16.0 Å². The van der Waals surface area contributed by atoms with Gasteiger partial charge in [0.05, 0.1) is 17.0 Å². The molecule has 2 aromatic carbocycles. The Morgan fingerprint density at radius 3 is 2.56 bits per heavy atom. The smallest absolute Gasteiger partial charge is 0.290 e.